The van der Waals surface area contributed by atoms with Crippen molar-refractivity contribution in [2.45, 2.75) is 20.8 Å². The highest BCUT2D eigenvalue weighted by atomic mass is 16.5. The minimum Gasteiger partial charge on any atom is -0.465 e. The van der Waals surface area contributed by atoms with Crippen molar-refractivity contribution in [3.05, 3.63) is 76.6 Å². The van der Waals surface area contributed by atoms with E-state index in [0.717, 1.165) is 22.5 Å². The Morgan fingerprint density at radius 2 is 1.74 bits per heavy atom. The SMILES string of the molecule is COC(=O)c1cc(NC(=O)c2cc(C)n(-c3ccccc3)n2)cc(C)c1C. The van der Waals surface area contributed by atoms with Crippen LogP contribution in [0.1, 0.15) is 37.7 Å². The van der Waals surface area contributed by atoms with Crippen LogP contribution in [0, 0.1) is 20.8 Å². The maximum atomic E-state index is 12.7. The van der Waals surface area contributed by atoms with E-state index < -0.39 is 5.97 Å². The third kappa shape index (κ3) is 3.74. The molecule has 138 valence electrons. The normalized spacial score (nSPS) is 10.5. The van der Waals surface area contributed by atoms with Crippen LogP contribution in [0.15, 0.2) is 48.5 Å². The summed E-state index contributed by atoms with van der Waals surface area (Å²) in [5.74, 6) is -0.775. The Morgan fingerprint density at radius 1 is 1.04 bits per heavy atom. The Balaban J connectivity index is 1.88. The lowest BCUT2D eigenvalue weighted by Crippen LogP contribution is -2.15. The Bertz CT molecular complexity index is 1010. The first-order chi connectivity index (χ1) is 12.9. The summed E-state index contributed by atoms with van der Waals surface area (Å²) in [4.78, 5) is 24.6. The minimum absolute atomic E-state index is 0.300. The number of nitrogens with zero attached hydrogens (tertiary/aromatic N) is 2. The highest BCUT2D eigenvalue weighted by Crippen LogP contribution is 2.21. The molecule has 0 saturated carbocycles. The number of aromatic nitrogens is 2. The molecule has 0 aliphatic carbocycles. The van der Waals surface area contributed by atoms with E-state index in [-0.39, 0.29) is 5.91 Å². The number of aryl methyl sites for hydroxylation is 2. The second-order valence-electron chi connectivity index (χ2n) is 6.33. The fourth-order valence-electron chi connectivity index (χ4n) is 2.86. The molecular formula is C21H21N3O3. The zero-order valence-corrected chi connectivity index (χ0v) is 15.7. The number of benzene rings is 2. The van der Waals surface area contributed by atoms with E-state index in [0.29, 0.717) is 16.9 Å². The van der Waals surface area contributed by atoms with Gasteiger partial charge in [0.1, 0.15) is 0 Å². The topological polar surface area (TPSA) is 73.2 Å². The summed E-state index contributed by atoms with van der Waals surface area (Å²) in [5, 5.41) is 7.22. The van der Waals surface area contributed by atoms with Gasteiger partial charge in [0, 0.05) is 11.4 Å². The van der Waals surface area contributed by atoms with Crippen LogP contribution in [0.3, 0.4) is 0 Å². The van der Waals surface area contributed by atoms with Crippen molar-refractivity contribution in [1.82, 2.24) is 9.78 Å². The lowest BCUT2D eigenvalue weighted by atomic mass is 10.0. The van der Waals surface area contributed by atoms with E-state index in [1.807, 2.05) is 57.2 Å². The van der Waals surface area contributed by atoms with Crippen LogP contribution in [0.5, 0.6) is 0 Å². The lowest BCUT2D eigenvalue weighted by molar-refractivity contribution is 0.0599. The molecule has 6 nitrogen and oxygen atoms in total. The van der Waals surface area contributed by atoms with Gasteiger partial charge in [0.25, 0.3) is 5.91 Å². The molecule has 0 unspecified atom stereocenters. The molecule has 6 heteroatoms. The van der Waals surface area contributed by atoms with E-state index in [1.165, 1.54) is 7.11 Å². The summed E-state index contributed by atoms with van der Waals surface area (Å²) in [5.41, 5.74) is 4.70. The lowest BCUT2D eigenvalue weighted by Gasteiger charge is -2.11. The molecule has 1 N–H and O–H groups in total. The Kier molecular flexibility index (Phi) is 5.07. The molecule has 2 aromatic carbocycles. The number of amides is 1. The zero-order valence-electron chi connectivity index (χ0n) is 15.7. The Morgan fingerprint density at radius 3 is 2.41 bits per heavy atom. The molecule has 27 heavy (non-hydrogen) atoms. The van der Waals surface area contributed by atoms with E-state index in [4.69, 9.17) is 4.74 Å². The minimum atomic E-state index is -0.434. The van der Waals surface area contributed by atoms with Gasteiger partial charge in [-0.25, -0.2) is 9.48 Å². The highest BCUT2D eigenvalue weighted by molar-refractivity contribution is 6.04. The van der Waals surface area contributed by atoms with Gasteiger partial charge < -0.3 is 10.1 Å². The maximum absolute atomic E-state index is 12.7. The van der Waals surface area contributed by atoms with Crippen molar-refractivity contribution < 1.29 is 14.3 Å². The molecule has 1 amide bonds. The van der Waals surface area contributed by atoms with Gasteiger partial charge in [0.05, 0.1) is 18.4 Å². The molecule has 0 aliphatic heterocycles. The standard InChI is InChI=1S/C21H21N3O3/c1-13-10-16(12-18(15(13)3)21(26)27-4)22-20(25)19-11-14(2)24(23-19)17-8-6-5-7-9-17/h5-12H,1-4H3,(H,22,25). The van der Waals surface area contributed by atoms with Crippen molar-refractivity contribution in [3.63, 3.8) is 0 Å². The number of carbonyl (C=O) groups is 2. The highest BCUT2D eigenvalue weighted by Gasteiger charge is 2.17. The number of hydrogen-bond donors (Lipinski definition) is 1. The fraction of sp³-hybridized carbons (Fsp3) is 0.190. The maximum Gasteiger partial charge on any atom is 0.338 e. The van der Waals surface area contributed by atoms with Gasteiger partial charge in [0.15, 0.2) is 5.69 Å². The number of methoxy groups -OCH3 is 1. The van der Waals surface area contributed by atoms with Crippen LogP contribution in [-0.4, -0.2) is 28.8 Å². The summed E-state index contributed by atoms with van der Waals surface area (Å²) < 4.78 is 6.53. The average molecular weight is 363 g/mol. The van der Waals surface area contributed by atoms with E-state index >= 15 is 0 Å². The van der Waals surface area contributed by atoms with Crippen molar-refractivity contribution in [2.75, 3.05) is 12.4 Å². The van der Waals surface area contributed by atoms with Gasteiger partial charge >= 0.3 is 5.97 Å². The van der Waals surface area contributed by atoms with Crippen LogP contribution in [0.4, 0.5) is 5.69 Å². The molecular weight excluding hydrogens is 342 g/mol. The number of hydrogen-bond acceptors (Lipinski definition) is 4. The quantitative estimate of drug-likeness (QED) is 0.715. The zero-order chi connectivity index (χ0) is 19.6. The number of rotatable bonds is 4. The number of para-hydroxylation sites is 1. The predicted molar refractivity (Wildman–Crippen MR) is 104 cm³/mol. The van der Waals surface area contributed by atoms with Crippen molar-refractivity contribution >= 4 is 17.6 Å². The van der Waals surface area contributed by atoms with Crippen LogP contribution >= 0.6 is 0 Å². The van der Waals surface area contributed by atoms with Crippen molar-refractivity contribution in [2.24, 2.45) is 0 Å². The Hall–Kier alpha value is -3.41. The first-order valence-electron chi connectivity index (χ1n) is 8.53. The first kappa shape index (κ1) is 18.4. The molecule has 1 aromatic heterocycles. The third-order valence-corrected chi connectivity index (χ3v) is 4.45. The van der Waals surface area contributed by atoms with Crippen LogP contribution in [-0.2, 0) is 4.74 Å². The summed E-state index contributed by atoms with van der Waals surface area (Å²) in [6.45, 7) is 5.62. The van der Waals surface area contributed by atoms with Crippen molar-refractivity contribution in [1.29, 1.82) is 0 Å². The van der Waals surface area contributed by atoms with Crippen LogP contribution in [0.2, 0.25) is 0 Å². The molecule has 1 heterocycles. The summed E-state index contributed by atoms with van der Waals surface area (Å²) >= 11 is 0. The second-order valence-corrected chi connectivity index (χ2v) is 6.33. The van der Waals surface area contributed by atoms with Crippen LogP contribution < -0.4 is 5.32 Å². The molecule has 0 spiro atoms. The van der Waals surface area contributed by atoms with Gasteiger partial charge in [-0.1, -0.05) is 18.2 Å². The van der Waals surface area contributed by atoms with Crippen molar-refractivity contribution in [3.8, 4) is 5.69 Å². The molecule has 3 aromatic rings. The van der Waals surface area contributed by atoms with Gasteiger partial charge in [0.2, 0.25) is 0 Å². The monoisotopic (exact) mass is 363 g/mol. The van der Waals surface area contributed by atoms with Gasteiger partial charge in [-0.05, 0) is 62.2 Å². The van der Waals surface area contributed by atoms with Gasteiger partial charge in [-0.2, -0.15) is 5.10 Å². The van der Waals surface area contributed by atoms with E-state index in [1.54, 1.807) is 16.8 Å². The number of nitrogens with one attached hydrogen (secondary N) is 1. The third-order valence-electron chi connectivity index (χ3n) is 4.45. The van der Waals surface area contributed by atoms with Gasteiger partial charge in [-0.3, -0.25) is 4.79 Å². The molecule has 0 radical (unpaired) electrons. The predicted octanol–water partition coefficient (Wildman–Crippen LogP) is 3.84. The first-order valence-corrected chi connectivity index (χ1v) is 8.53. The molecule has 0 fully saturated rings. The van der Waals surface area contributed by atoms with Gasteiger partial charge in [-0.15, -0.1) is 0 Å². The average Bonchev–Trinajstić information content (AvgIpc) is 3.06. The Labute approximate surface area is 157 Å². The van der Waals surface area contributed by atoms with Crippen LogP contribution in [0.25, 0.3) is 5.69 Å². The summed E-state index contributed by atoms with van der Waals surface area (Å²) in [7, 11) is 1.33. The number of ether oxygens (including phenoxy) is 1. The fourth-order valence-corrected chi connectivity index (χ4v) is 2.86. The second kappa shape index (κ2) is 7.45. The number of carbonyl (C=O) groups excluding carboxylic acids is 2. The van der Waals surface area contributed by atoms with E-state index in [2.05, 4.69) is 10.4 Å². The molecule has 0 aliphatic rings. The van der Waals surface area contributed by atoms with E-state index in [9.17, 15) is 9.59 Å². The molecule has 0 saturated heterocycles. The number of anilines is 1. The molecule has 0 atom stereocenters. The largest absolute Gasteiger partial charge is 0.465 e. The summed E-state index contributed by atoms with van der Waals surface area (Å²) in [6, 6.07) is 14.8. The summed E-state index contributed by atoms with van der Waals surface area (Å²) in [6.07, 6.45) is 0. The molecule has 3 rings (SSSR count). The molecule has 0 bridgehead atoms. The number of esters is 1. The smallest absolute Gasteiger partial charge is 0.338 e.